The van der Waals surface area contributed by atoms with Crippen LogP contribution in [-0.4, -0.2) is 33.4 Å². The van der Waals surface area contributed by atoms with E-state index >= 15 is 0 Å². The molecule has 2 aromatic heterocycles. The summed E-state index contributed by atoms with van der Waals surface area (Å²) in [6.45, 7) is 3.09. The van der Waals surface area contributed by atoms with Gasteiger partial charge in [0.15, 0.2) is 0 Å². The minimum Gasteiger partial charge on any atom is -0.334 e. The van der Waals surface area contributed by atoms with Crippen LogP contribution >= 0.6 is 0 Å². The van der Waals surface area contributed by atoms with Gasteiger partial charge in [-0.05, 0) is 68.7 Å². The van der Waals surface area contributed by atoms with Crippen molar-refractivity contribution in [1.29, 1.82) is 0 Å². The van der Waals surface area contributed by atoms with Crippen molar-refractivity contribution >= 4 is 5.91 Å². The van der Waals surface area contributed by atoms with Crippen molar-refractivity contribution in [3.63, 3.8) is 0 Å². The van der Waals surface area contributed by atoms with Crippen molar-refractivity contribution in [3.8, 4) is 11.3 Å². The maximum Gasteiger partial charge on any atom is 0.272 e. The molecule has 4 nitrogen and oxygen atoms in total. The highest BCUT2D eigenvalue weighted by molar-refractivity contribution is 5.93. The second kappa shape index (κ2) is 6.34. The van der Waals surface area contributed by atoms with Crippen LogP contribution in [0.15, 0.2) is 42.7 Å². The Hall–Kier alpha value is -2.23. The van der Waals surface area contributed by atoms with E-state index in [4.69, 9.17) is 0 Å². The van der Waals surface area contributed by atoms with Gasteiger partial charge in [-0.1, -0.05) is 6.07 Å². The molecule has 4 heteroatoms. The molecular weight excluding hydrogens is 298 g/mol. The summed E-state index contributed by atoms with van der Waals surface area (Å²) in [7, 11) is 0. The van der Waals surface area contributed by atoms with Crippen LogP contribution in [0, 0.1) is 11.8 Å². The van der Waals surface area contributed by atoms with Crippen LogP contribution in [0.2, 0.25) is 0 Å². The van der Waals surface area contributed by atoms with E-state index in [1.165, 1.54) is 25.7 Å². The quantitative estimate of drug-likeness (QED) is 0.813. The smallest absolute Gasteiger partial charge is 0.272 e. The maximum absolute atomic E-state index is 13.1. The van der Waals surface area contributed by atoms with Gasteiger partial charge < -0.3 is 4.90 Å². The summed E-state index contributed by atoms with van der Waals surface area (Å²) in [6.07, 6.45) is 8.51. The lowest BCUT2D eigenvalue weighted by atomic mass is 10.1. The molecule has 1 atom stereocenters. The van der Waals surface area contributed by atoms with Crippen LogP contribution in [0.4, 0.5) is 0 Å². The largest absolute Gasteiger partial charge is 0.334 e. The number of aromatic nitrogens is 2. The van der Waals surface area contributed by atoms with Gasteiger partial charge in [0, 0.05) is 30.5 Å². The first-order valence-electron chi connectivity index (χ1n) is 8.91. The van der Waals surface area contributed by atoms with Crippen LogP contribution in [-0.2, 0) is 0 Å². The Labute approximate surface area is 142 Å². The Bertz CT molecular complexity index is 723. The molecule has 0 N–H and O–H groups in total. The topological polar surface area (TPSA) is 46.1 Å². The molecule has 0 aliphatic heterocycles. The zero-order valence-corrected chi connectivity index (χ0v) is 14.1. The van der Waals surface area contributed by atoms with Crippen molar-refractivity contribution in [2.24, 2.45) is 11.8 Å². The molecule has 0 bridgehead atoms. The van der Waals surface area contributed by atoms with Gasteiger partial charge in [0.25, 0.3) is 5.91 Å². The van der Waals surface area contributed by atoms with Gasteiger partial charge in [0.05, 0.1) is 5.69 Å². The number of pyridine rings is 2. The van der Waals surface area contributed by atoms with Gasteiger partial charge in [0.2, 0.25) is 0 Å². The Morgan fingerprint density at radius 2 is 1.92 bits per heavy atom. The fraction of sp³-hybridized carbons (Fsp3) is 0.450. The monoisotopic (exact) mass is 321 g/mol. The average Bonchev–Trinajstić information content (AvgIpc) is 3.53. The molecule has 2 fully saturated rings. The molecule has 4 rings (SSSR count). The number of hydrogen-bond acceptors (Lipinski definition) is 3. The fourth-order valence-electron chi connectivity index (χ4n) is 3.23. The molecule has 2 saturated carbocycles. The summed E-state index contributed by atoms with van der Waals surface area (Å²) in [4.78, 5) is 23.9. The number of hydrogen-bond donors (Lipinski definition) is 0. The maximum atomic E-state index is 13.1. The number of carbonyl (C=O) groups excluding carboxylic acids is 1. The average molecular weight is 321 g/mol. The standard InChI is InChI=1S/C20H23N3O/c1-14(16-7-8-16)23(13-15-5-6-15)20(24)19-4-2-3-18(22-19)17-9-11-21-12-10-17/h2-4,9-12,14-16H,5-8,13H2,1H3. The highest BCUT2D eigenvalue weighted by Gasteiger charge is 2.37. The predicted octanol–water partition coefficient (Wildman–Crippen LogP) is 3.79. The number of amides is 1. The Kier molecular flexibility index (Phi) is 4.05. The lowest BCUT2D eigenvalue weighted by Gasteiger charge is -2.29. The van der Waals surface area contributed by atoms with Gasteiger partial charge in [0.1, 0.15) is 5.69 Å². The molecule has 2 aliphatic rings. The predicted molar refractivity (Wildman–Crippen MR) is 93.4 cm³/mol. The second-order valence-corrected chi connectivity index (χ2v) is 7.12. The fourth-order valence-corrected chi connectivity index (χ4v) is 3.23. The van der Waals surface area contributed by atoms with Crippen LogP contribution in [0.25, 0.3) is 11.3 Å². The zero-order valence-electron chi connectivity index (χ0n) is 14.1. The van der Waals surface area contributed by atoms with E-state index in [-0.39, 0.29) is 5.91 Å². The minimum absolute atomic E-state index is 0.0807. The van der Waals surface area contributed by atoms with Crippen LogP contribution < -0.4 is 0 Å². The molecule has 0 radical (unpaired) electrons. The first-order valence-corrected chi connectivity index (χ1v) is 8.91. The highest BCUT2D eigenvalue weighted by Crippen LogP contribution is 2.38. The molecule has 124 valence electrons. The highest BCUT2D eigenvalue weighted by atomic mass is 16.2. The third-order valence-electron chi connectivity index (χ3n) is 5.15. The molecule has 1 unspecified atom stereocenters. The first-order chi connectivity index (χ1) is 11.7. The summed E-state index contributed by atoms with van der Waals surface area (Å²) in [6, 6.07) is 9.88. The van der Waals surface area contributed by atoms with Crippen LogP contribution in [0.3, 0.4) is 0 Å². The molecule has 2 heterocycles. The lowest BCUT2D eigenvalue weighted by molar-refractivity contribution is 0.0655. The van der Waals surface area contributed by atoms with E-state index in [2.05, 4.69) is 21.8 Å². The summed E-state index contributed by atoms with van der Waals surface area (Å²) >= 11 is 0. The third kappa shape index (κ3) is 3.32. The van der Waals surface area contributed by atoms with Crippen molar-refractivity contribution in [2.75, 3.05) is 6.54 Å². The van der Waals surface area contributed by atoms with Crippen molar-refractivity contribution in [1.82, 2.24) is 14.9 Å². The number of carbonyl (C=O) groups is 1. The summed E-state index contributed by atoms with van der Waals surface area (Å²) in [5, 5.41) is 0. The SMILES string of the molecule is CC(C1CC1)N(CC1CC1)C(=O)c1cccc(-c2ccncc2)n1. The Morgan fingerprint density at radius 1 is 1.17 bits per heavy atom. The van der Waals surface area contributed by atoms with E-state index in [0.29, 0.717) is 23.6 Å². The van der Waals surface area contributed by atoms with Gasteiger partial charge in [-0.25, -0.2) is 4.98 Å². The third-order valence-corrected chi connectivity index (χ3v) is 5.15. The van der Waals surface area contributed by atoms with Crippen molar-refractivity contribution in [3.05, 3.63) is 48.4 Å². The summed E-state index contributed by atoms with van der Waals surface area (Å²) in [5.41, 5.74) is 2.37. The van der Waals surface area contributed by atoms with E-state index < -0.39 is 0 Å². The zero-order chi connectivity index (χ0) is 16.5. The molecule has 24 heavy (non-hydrogen) atoms. The number of nitrogens with zero attached hydrogens (tertiary/aromatic N) is 3. The molecule has 0 spiro atoms. The number of rotatable bonds is 6. The molecule has 0 saturated heterocycles. The van der Waals surface area contributed by atoms with Gasteiger partial charge in [-0.3, -0.25) is 9.78 Å². The second-order valence-electron chi connectivity index (χ2n) is 7.12. The summed E-state index contributed by atoms with van der Waals surface area (Å²) in [5.74, 6) is 1.45. The van der Waals surface area contributed by atoms with E-state index in [0.717, 1.165) is 17.8 Å². The first kappa shape index (κ1) is 15.3. The lowest BCUT2D eigenvalue weighted by Crippen LogP contribution is -2.41. The van der Waals surface area contributed by atoms with Crippen LogP contribution in [0.5, 0.6) is 0 Å². The Morgan fingerprint density at radius 3 is 2.58 bits per heavy atom. The normalized spacial score (nSPS) is 18.2. The Balaban J connectivity index is 1.59. The van der Waals surface area contributed by atoms with Gasteiger partial charge in [-0.2, -0.15) is 0 Å². The van der Waals surface area contributed by atoms with Crippen LogP contribution in [0.1, 0.15) is 43.1 Å². The van der Waals surface area contributed by atoms with E-state index in [1.54, 1.807) is 12.4 Å². The molecular formula is C20H23N3O. The van der Waals surface area contributed by atoms with Gasteiger partial charge >= 0.3 is 0 Å². The molecule has 1 amide bonds. The molecule has 2 aliphatic carbocycles. The van der Waals surface area contributed by atoms with Crippen molar-refractivity contribution < 1.29 is 4.79 Å². The van der Waals surface area contributed by atoms with Gasteiger partial charge in [-0.15, -0.1) is 0 Å². The molecule has 2 aromatic rings. The minimum atomic E-state index is 0.0807. The van der Waals surface area contributed by atoms with E-state index in [1.807, 2.05) is 30.3 Å². The van der Waals surface area contributed by atoms with Crippen molar-refractivity contribution in [2.45, 2.75) is 38.6 Å². The molecule has 0 aromatic carbocycles. The summed E-state index contributed by atoms with van der Waals surface area (Å²) < 4.78 is 0. The van der Waals surface area contributed by atoms with E-state index in [9.17, 15) is 4.79 Å².